The molecule has 1 atom stereocenters. The van der Waals surface area contributed by atoms with Gasteiger partial charge >= 0.3 is 0 Å². The SMILES string of the molecule is CC[C@@H](NC(=O)CN(c1ccccc1F)S(=O)(=O)c1ccc(C)cc1)c1ccc(C)cc1. The molecule has 0 aliphatic rings. The lowest BCUT2D eigenvalue weighted by molar-refractivity contribution is -0.120. The van der Waals surface area contributed by atoms with Gasteiger partial charge in [-0.3, -0.25) is 9.10 Å². The summed E-state index contributed by atoms with van der Waals surface area (Å²) >= 11 is 0. The molecule has 168 valence electrons. The number of hydrogen-bond acceptors (Lipinski definition) is 3. The molecular formula is C25H27FN2O3S. The molecule has 1 amide bonds. The van der Waals surface area contributed by atoms with Crippen molar-refractivity contribution in [2.24, 2.45) is 0 Å². The number of carbonyl (C=O) groups is 1. The smallest absolute Gasteiger partial charge is 0.264 e. The number of rotatable bonds is 8. The standard InChI is InChI=1S/C25H27FN2O3S/c1-4-23(20-13-9-18(2)10-14-20)27-25(29)17-28(24-8-6-5-7-22(24)26)32(30,31)21-15-11-19(3)12-16-21/h5-16,23H,4,17H2,1-3H3,(H,27,29)/t23-/m1/s1. The number of nitrogens with one attached hydrogen (secondary N) is 1. The Hall–Kier alpha value is -3.19. The number of para-hydroxylation sites is 1. The van der Waals surface area contributed by atoms with Gasteiger partial charge in [-0.05, 0) is 50.1 Å². The fraction of sp³-hybridized carbons (Fsp3) is 0.240. The van der Waals surface area contributed by atoms with Crippen molar-refractivity contribution in [3.05, 3.63) is 95.3 Å². The number of halogens is 1. The fourth-order valence-corrected chi connectivity index (χ4v) is 4.81. The Bertz CT molecular complexity index is 1180. The predicted molar refractivity (Wildman–Crippen MR) is 124 cm³/mol. The van der Waals surface area contributed by atoms with E-state index in [1.807, 2.05) is 45.0 Å². The highest BCUT2D eigenvalue weighted by Crippen LogP contribution is 2.26. The van der Waals surface area contributed by atoms with Gasteiger partial charge in [0.25, 0.3) is 10.0 Å². The molecule has 0 aliphatic heterocycles. The van der Waals surface area contributed by atoms with Crippen LogP contribution in [0.1, 0.15) is 36.1 Å². The van der Waals surface area contributed by atoms with E-state index in [1.54, 1.807) is 12.1 Å². The van der Waals surface area contributed by atoms with E-state index in [0.717, 1.165) is 21.0 Å². The molecule has 0 bridgehead atoms. The van der Waals surface area contributed by atoms with E-state index in [9.17, 15) is 17.6 Å². The van der Waals surface area contributed by atoms with Crippen LogP contribution in [0.2, 0.25) is 0 Å². The van der Waals surface area contributed by atoms with E-state index >= 15 is 0 Å². The van der Waals surface area contributed by atoms with Gasteiger partial charge < -0.3 is 5.32 Å². The third-order valence-electron chi connectivity index (χ3n) is 5.24. The third-order valence-corrected chi connectivity index (χ3v) is 7.01. The van der Waals surface area contributed by atoms with Gasteiger partial charge in [-0.15, -0.1) is 0 Å². The molecule has 3 aromatic carbocycles. The van der Waals surface area contributed by atoms with Gasteiger partial charge in [-0.1, -0.05) is 66.6 Å². The zero-order chi connectivity index (χ0) is 23.3. The molecule has 3 aromatic rings. The molecule has 0 unspecified atom stereocenters. The Balaban J connectivity index is 1.92. The zero-order valence-corrected chi connectivity index (χ0v) is 19.2. The number of anilines is 1. The topological polar surface area (TPSA) is 66.5 Å². The van der Waals surface area contributed by atoms with Crippen molar-refractivity contribution >= 4 is 21.6 Å². The molecule has 0 radical (unpaired) electrons. The van der Waals surface area contributed by atoms with Crippen molar-refractivity contribution in [3.8, 4) is 0 Å². The maximum Gasteiger partial charge on any atom is 0.264 e. The zero-order valence-electron chi connectivity index (χ0n) is 18.4. The summed E-state index contributed by atoms with van der Waals surface area (Å²) in [5.74, 6) is -1.24. The van der Waals surface area contributed by atoms with Crippen LogP contribution in [-0.2, 0) is 14.8 Å². The molecule has 3 rings (SSSR count). The summed E-state index contributed by atoms with van der Waals surface area (Å²) in [5, 5.41) is 2.89. The summed E-state index contributed by atoms with van der Waals surface area (Å²) in [6.45, 7) is 5.21. The monoisotopic (exact) mass is 454 g/mol. The van der Waals surface area contributed by atoms with Gasteiger partial charge in [0.1, 0.15) is 12.4 Å². The minimum atomic E-state index is -4.17. The van der Waals surface area contributed by atoms with E-state index in [-0.39, 0.29) is 16.6 Å². The fourth-order valence-electron chi connectivity index (χ4n) is 3.38. The van der Waals surface area contributed by atoms with Gasteiger partial charge in [-0.2, -0.15) is 0 Å². The third kappa shape index (κ3) is 5.34. The Labute approximate surface area is 188 Å². The molecular weight excluding hydrogens is 427 g/mol. The lowest BCUT2D eigenvalue weighted by atomic mass is 10.0. The lowest BCUT2D eigenvalue weighted by Gasteiger charge is -2.26. The maximum absolute atomic E-state index is 14.6. The first-order valence-corrected chi connectivity index (χ1v) is 11.9. The summed E-state index contributed by atoms with van der Waals surface area (Å²) in [6.07, 6.45) is 0.624. The second-order valence-electron chi connectivity index (χ2n) is 7.72. The van der Waals surface area contributed by atoms with Gasteiger partial charge in [0.05, 0.1) is 16.6 Å². The Morgan fingerprint density at radius 3 is 2.06 bits per heavy atom. The van der Waals surface area contributed by atoms with E-state index in [4.69, 9.17) is 0 Å². The number of hydrogen-bond donors (Lipinski definition) is 1. The first kappa shape index (κ1) is 23.5. The number of sulfonamides is 1. The van der Waals surface area contributed by atoms with Crippen LogP contribution in [0.25, 0.3) is 0 Å². The molecule has 0 saturated heterocycles. The average molecular weight is 455 g/mol. The van der Waals surface area contributed by atoms with E-state index in [1.165, 1.54) is 36.4 Å². The Morgan fingerprint density at radius 2 is 1.50 bits per heavy atom. The van der Waals surface area contributed by atoms with E-state index in [0.29, 0.717) is 6.42 Å². The molecule has 0 saturated carbocycles. The van der Waals surface area contributed by atoms with Crippen LogP contribution < -0.4 is 9.62 Å². The number of nitrogens with zero attached hydrogens (tertiary/aromatic N) is 1. The number of carbonyl (C=O) groups excluding carboxylic acids is 1. The largest absolute Gasteiger partial charge is 0.348 e. The normalized spacial score (nSPS) is 12.2. The van der Waals surface area contributed by atoms with Gasteiger partial charge in [-0.25, -0.2) is 12.8 Å². The highest BCUT2D eigenvalue weighted by Gasteiger charge is 2.29. The van der Waals surface area contributed by atoms with Crippen LogP contribution in [0.4, 0.5) is 10.1 Å². The van der Waals surface area contributed by atoms with Crippen LogP contribution in [0.15, 0.2) is 77.7 Å². The molecule has 0 fully saturated rings. The number of benzene rings is 3. The predicted octanol–water partition coefficient (Wildman–Crippen LogP) is 4.91. The van der Waals surface area contributed by atoms with Crippen molar-refractivity contribution in [2.45, 2.75) is 38.1 Å². The highest BCUT2D eigenvalue weighted by molar-refractivity contribution is 7.92. The van der Waals surface area contributed by atoms with Crippen LogP contribution in [0.5, 0.6) is 0 Å². The quantitative estimate of drug-likeness (QED) is 0.526. The summed E-state index contributed by atoms with van der Waals surface area (Å²) < 4.78 is 42.2. The summed E-state index contributed by atoms with van der Waals surface area (Å²) in [4.78, 5) is 12.9. The summed E-state index contributed by atoms with van der Waals surface area (Å²) in [7, 11) is -4.17. The summed E-state index contributed by atoms with van der Waals surface area (Å²) in [5.41, 5.74) is 2.74. The minimum Gasteiger partial charge on any atom is -0.348 e. The molecule has 0 aromatic heterocycles. The van der Waals surface area contributed by atoms with Crippen LogP contribution in [-0.4, -0.2) is 20.9 Å². The van der Waals surface area contributed by atoms with Crippen molar-refractivity contribution in [1.82, 2.24) is 5.32 Å². The second-order valence-corrected chi connectivity index (χ2v) is 9.58. The van der Waals surface area contributed by atoms with Crippen molar-refractivity contribution < 1.29 is 17.6 Å². The van der Waals surface area contributed by atoms with Crippen LogP contribution in [0, 0.1) is 19.7 Å². The first-order chi connectivity index (χ1) is 15.2. The van der Waals surface area contributed by atoms with E-state index < -0.39 is 28.3 Å². The summed E-state index contributed by atoms with van der Waals surface area (Å²) in [6, 6.07) is 19.3. The number of aryl methyl sites for hydroxylation is 2. The van der Waals surface area contributed by atoms with Crippen molar-refractivity contribution in [1.29, 1.82) is 0 Å². The molecule has 32 heavy (non-hydrogen) atoms. The molecule has 7 heteroatoms. The van der Waals surface area contributed by atoms with Crippen molar-refractivity contribution in [3.63, 3.8) is 0 Å². The molecule has 5 nitrogen and oxygen atoms in total. The molecule has 0 aliphatic carbocycles. The number of amides is 1. The Kier molecular flexibility index (Phi) is 7.30. The van der Waals surface area contributed by atoms with Gasteiger partial charge in [0, 0.05) is 0 Å². The van der Waals surface area contributed by atoms with Gasteiger partial charge in [0.15, 0.2) is 0 Å². The van der Waals surface area contributed by atoms with Gasteiger partial charge in [0.2, 0.25) is 5.91 Å². The Morgan fingerprint density at radius 1 is 0.938 bits per heavy atom. The average Bonchev–Trinajstić information content (AvgIpc) is 2.77. The van der Waals surface area contributed by atoms with E-state index in [2.05, 4.69) is 5.32 Å². The van der Waals surface area contributed by atoms with Crippen LogP contribution >= 0.6 is 0 Å². The lowest BCUT2D eigenvalue weighted by Crippen LogP contribution is -2.42. The molecule has 0 spiro atoms. The van der Waals surface area contributed by atoms with Crippen molar-refractivity contribution in [2.75, 3.05) is 10.8 Å². The minimum absolute atomic E-state index is 0.00951. The highest BCUT2D eigenvalue weighted by atomic mass is 32.2. The van der Waals surface area contributed by atoms with Crippen LogP contribution in [0.3, 0.4) is 0 Å². The molecule has 0 heterocycles. The maximum atomic E-state index is 14.6. The molecule has 1 N–H and O–H groups in total. The second kappa shape index (κ2) is 9.96. The first-order valence-electron chi connectivity index (χ1n) is 10.4.